The fraction of sp³-hybridized carbons (Fsp3) is 0.182. The van der Waals surface area contributed by atoms with Crippen molar-refractivity contribution in [3.8, 4) is 5.75 Å². The molecule has 0 heterocycles. The van der Waals surface area contributed by atoms with E-state index in [4.69, 9.17) is 10.7 Å². The monoisotopic (exact) mass is 600 g/mol. The molecule has 0 aliphatic rings. The number of hydrogen-bond acceptors (Lipinski definition) is 6. The van der Waals surface area contributed by atoms with E-state index >= 15 is 0 Å². The van der Waals surface area contributed by atoms with E-state index in [2.05, 4.69) is 37.7 Å². The molecule has 10 heteroatoms. The highest BCUT2D eigenvalue weighted by Gasteiger charge is 2.22. The van der Waals surface area contributed by atoms with Gasteiger partial charge in [-0.2, -0.15) is 13.9 Å². The highest BCUT2D eigenvalue weighted by atomic mass is 32.2. The van der Waals surface area contributed by atoms with Crippen LogP contribution >= 0.6 is 11.8 Å². The van der Waals surface area contributed by atoms with Gasteiger partial charge in [0, 0.05) is 23.9 Å². The number of hydrazone groups is 1. The van der Waals surface area contributed by atoms with Gasteiger partial charge in [-0.3, -0.25) is 5.43 Å². The molecule has 7 nitrogen and oxygen atoms in total. The Morgan fingerprint density at radius 3 is 2.23 bits per heavy atom. The second kappa shape index (κ2) is 15.0. The summed E-state index contributed by atoms with van der Waals surface area (Å²) in [5.74, 6) is 1.20. The molecule has 0 amide bonds. The molecule has 4 aromatic rings. The van der Waals surface area contributed by atoms with Gasteiger partial charge in [-0.15, -0.1) is 0 Å². The molecule has 0 radical (unpaired) electrons. The number of aliphatic imine (C=N–C) groups is 2. The molecule has 4 aromatic carbocycles. The first-order valence-electron chi connectivity index (χ1n) is 13.6. The van der Waals surface area contributed by atoms with E-state index in [9.17, 15) is 8.78 Å². The predicted molar refractivity (Wildman–Crippen MR) is 175 cm³/mol. The fourth-order valence-corrected chi connectivity index (χ4v) is 4.72. The fourth-order valence-electron chi connectivity index (χ4n) is 3.96. The number of para-hydroxylation sites is 1. The number of nitrogens with zero attached hydrogens (tertiary/aromatic N) is 3. The van der Waals surface area contributed by atoms with Gasteiger partial charge in [0.1, 0.15) is 18.3 Å². The van der Waals surface area contributed by atoms with Gasteiger partial charge < -0.3 is 15.8 Å². The summed E-state index contributed by atoms with van der Waals surface area (Å²) in [6.45, 7) is 5.01. The summed E-state index contributed by atoms with van der Waals surface area (Å²) in [5, 5.41) is 8.22. The average Bonchev–Trinajstić information content (AvgIpc) is 2.98. The minimum Gasteiger partial charge on any atom is -0.433 e. The molecule has 0 saturated carbocycles. The second-order valence-corrected chi connectivity index (χ2v) is 10.7. The van der Waals surface area contributed by atoms with E-state index in [1.54, 1.807) is 30.1 Å². The second-order valence-electron chi connectivity index (χ2n) is 9.74. The van der Waals surface area contributed by atoms with E-state index in [1.807, 2.05) is 74.5 Å². The molecule has 0 aromatic heterocycles. The third-order valence-electron chi connectivity index (χ3n) is 6.14. The standard InChI is InChI=1S/C33H34F2N6OS/c1-23-8-7-9-24(2)30(23)40-32(43-21-26-10-5-4-6-11-26)41-39-20-25-12-14-27(15-13-25)31(36)38-22-37-28-16-18-29(19-17-28)42-33(3,34)35/h4-20,37H,21-22H2,1-3H3,(H2,36,38)(H,40,41)/b39-20+. The number of benzene rings is 4. The van der Waals surface area contributed by atoms with Crippen LogP contribution in [-0.2, 0) is 5.75 Å². The Labute approximate surface area is 255 Å². The number of aryl methyl sites for hydroxylation is 2. The SMILES string of the molecule is Cc1cccc(C)c1N=C(N/N=C/c1ccc(C(N)=NCNc2ccc(OC(C)(F)F)cc2)cc1)SCc1ccccc1. The number of amidine groups is 2. The predicted octanol–water partition coefficient (Wildman–Crippen LogP) is 7.61. The zero-order chi connectivity index (χ0) is 30.7. The largest absolute Gasteiger partial charge is 0.433 e. The molecule has 0 bridgehead atoms. The van der Waals surface area contributed by atoms with Crippen molar-refractivity contribution in [3.63, 3.8) is 0 Å². The lowest BCUT2D eigenvalue weighted by atomic mass is 10.1. The minimum absolute atomic E-state index is 0.0794. The van der Waals surface area contributed by atoms with Gasteiger partial charge >= 0.3 is 6.11 Å². The number of thioether (sulfide) groups is 1. The van der Waals surface area contributed by atoms with Crippen molar-refractivity contribution in [1.29, 1.82) is 0 Å². The van der Waals surface area contributed by atoms with E-state index < -0.39 is 6.11 Å². The first-order chi connectivity index (χ1) is 20.7. The summed E-state index contributed by atoms with van der Waals surface area (Å²) < 4.78 is 30.5. The Hall–Kier alpha value is -4.70. The quantitative estimate of drug-likeness (QED) is 0.0935. The van der Waals surface area contributed by atoms with E-state index in [-0.39, 0.29) is 12.4 Å². The number of nitrogens with one attached hydrogen (secondary N) is 2. The Bertz CT molecular complexity index is 1550. The summed E-state index contributed by atoms with van der Waals surface area (Å²) in [7, 11) is 0. The average molecular weight is 601 g/mol. The smallest absolute Gasteiger partial charge is 0.394 e. The molecule has 4 rings (SSSR count). The highest BCUT2D eigenvalue weighted by Crippen LogP contribution is 2.25. The number of alkyl halides is 2. The number of anilines is 1. The highest BCUT2D eigenvalue weighted by molar-refractivity contribution is 8.13. The van der Waals surface area contributed by atoms with E-state index in [0.717, 1.165) is 33.7 Å². The van der Waals surface area contributed by atoms with Gasteiger partial charge in [0.2, 0.25) is 0 Å². The first-order valence-corrected chi connectivity index (χ1v) is 14.6. The minimum atomic E-state index is -3.23. The normalized spacial score (nSPS) is 12.4. The molecule has 0 aliphatic carbocycles. The van der Waals surface area contributed by atoms with Gasteiger partial charge in [0.15, 0.2) is 5.17 Å². The molecular weight excluding hydrogens is 566 g/mol. The summed E-state index contributed by atoms with van der Waals surface area (Å²) >= 11 is 1.59. The van der Waals surface area contributed by atoms with Gasteiger partial charge in [-0.05, 0) is 60.4 Å². The van der Waals surface area contributed by atoms with Crippen LogP contribution in [0.3, 0.4) is 0 Å². The van der Waals surface area contributed by atoms with Gasteiger partial charge in [-0.25, -0.2) is 9.98 Å². The zero-order valence-electron chi connectivity index (χ0n) is 24.2. The molecule has 0 saturated heterocycles. The molecule has 0 fully saturated rings. The van der Waals surface area contributed by atoms with Crippen molar-refractivity contribution in [1.82, 2.24) is 5.43 Å². The Morgan fingerprint density at radius 1 is 0.907 bits per heavy atom. The molecular formula is C33H34F2N6OS. The third kappa shape index (κ3) is 10.3. The molecule has 0 spiro atoms. The van der Waals surface area contributed by atoms with Crippen LogP contribution in [0.25, 0.3) is 0 Å². The number of rotatable bonds is 11. The van der Waals surface area contributed by atoms with Crippen molar-refractivity contribution in [2.45, 2.75) is 32.6 Å². The van der Waals surface area contributed by atoms with Gasteiger partial charge in [0.05, 0.1) is 11.9 Å². The van der Waals surface area contributed by atoms with Crippen LogP contribution in [0.1, 0.15) is 34.7 Å². The number of ether oxygens (including phenoxy) is 1. The lowest BCUT2D eigenvalue weighted by molar-refractivity contribution is -0.158. The number of halogens is 2. The van der Waals surface area contributed by atoms with Crippen LogP contribution in [0.4, 0.5) is 20.2 Å². The van der Waals surface area contributed by atoms with Crippen LogP contribution in [0, 0.1) is 13.8 Å². The first kappa shape index (κ1) is 31.2. The lowest BCUT2D eigenvalue weighted by Crippen LogP contribution is -2.19. The molecule has 0 unspecified atom stereocenters. The summed E-state index contributed by atoms with van der Waals surface area (Å²) in [5.41, 5.74) is 15.9. The van der Waals surface area contributed by atoms with Crippen LogP contribution in [0.5, 0.6) is 5.75 Å². The van der Waals surface area contributed by atoms with Crippen LogP contribution < -0.4 is 21.2 Å². The summed E-state index contributed by atoms with van der Waals surface area (Å²) in [6.07, 6.45) is -1.51. The van der Waals surface area contributed by atoms with Crippen LogP contribution in [0.15, 0.2) is 112 Å². The van der Waals surface area contributed by atoms with Crippen molar-refractivity contribution in [2.75, 3.05) is 12.0 Å². The van der Waals surface area contributed by atoms with Crippen molar-refractivity contribution in [3.05, 3.63) is 125 Å². The summed E-state index contributed by atoms with van der Waals surface area (Å²) in [4.78, 5) is 9.24. The van der Waals surface area contributed by atoms with E-state index in [0.29, 0.717) is 23.6 Å². The molecule has 43 heavy (non-hydrogen) atoms. The van der Waals surface area contributed by atoms with Crippen LogP contribution in [-0.4, -0.2) is 30.0 Å². The maximum absolute atomic E-state index is 13.0. The Morgan fingerprint density at radius 2 is 1.58 bits per heavy atom. The molecule has 222 valence electrons. The number of nitrogens with two attached hydrogens (primary N) is 1. The topological polar surface area (TPSA) is 96.4 Å². The third-order valence-corrected chi connectivity index (χ3v) is 7.07. The molecule has 0 atom stereocenters. The maximum atomic E-state index is 13.0. The zero-order valence-corrected chi connectivity index (χ0v) is 25.0. The Kier molecular flexibility index (Phi) is 10.9. The van der Waals surface area contributed by atoms with Gasteiger partial charge in [-0.1, -0.05) is 84.6 Å². The van der Waals surface area contributed by atoms with Gasteiger partial charge in [0.25, 0.3) is 0 Å². The lowest BCUT2D eigenvalue weighted by Gasteiger charge is -2.13. The maximum Gasteiger partial charge on any atom is 0.394 e. The van der Waals surface area contributed by atoms with E-state index in [1.165, 1.54) is 17.7 Å². The van der Waals surface area contributed by atoms with Crippen molar-refractivity contribution >= 4 is 40.4 Å². The van der Waals surface area contributed by atoms with Crippen molar-refractivity contribution in [2.24, 2.45) is 20.8 Å². The Balaban J connectivity index is 1.35. The summed E-state index contributed by atoms with van der Waals surface area (Å²) in [6, 6.07) is 30.1. The van der Waals surface area contributed by atoms with Crippen LogP contribution in [0.2, 0.25) is 0 Å². The molecule has 4 N–H and O–H groups in total. The number of hydrogen-bond donors (Lipinski definition) is 3. The van der Waals surface area contributed by atoms with Crippen molar-refractivity contribution < 1.29 is 13.5 Å². The molecule has 0 aliphatic heterocycles.